The summed E-state index contributed by atoms with van der Waals surface area (Å²) in [5.74, 6) is -0.219. The maximum absolute atomic E-state index is 13.3. The molecule has 2 N–H and O–H groups in total. The highest BCUT2D eigenvalue weighted by Gasteiger charge is 2.12. The molecule has 0 aliphatic heterocycles. The Labute approximate surface area is 218 Å². The third kappa shape index (κ3) is 5.15. The van der Waals surface area contributed by atoms with Crippen molar-refractivity contribution in [1.29, 1.82) is 0 Å². The number of aryl methyl sites for hydroxylation is 3. The van der Waals surface area contributed by atoms with Crippen LogP contribution in [0.5, 0.6) is 0 Å². The second-order valence-electron chi connectivity index (χ2n) is 8.30. The topological polar surface area (TPSA) is 84.7 Å². The Morgan fingerprint density at radius 3 is 2.75 bits per heavy atom. The molecule has 0 saturated carbocycles. The molecule has 0 fully saturated rings. The summed E-state index contributed by atoms with van der Waals surface area (Å²) in [6.45, 7) is 5.50. The molecule has 7 heteroatoms. The molecule has 5 rings (SSSR count). The maximum Gasteiger partial charge on any atom is 0.255 e. The summed E-state index contributed by atoms with van der Waals surface area (Å²) in [5.41, 5.74) is 4.62. The van der Waals surface area contributed by atoms with Crippen molar-refractivity contribution in [2.75, 3.05) is 10.6 Å². The van der Waals surface area contributed by atoms with E-state index in [4.69, 9.17) is 8.22 Å². The van der Waals surface area contributed by atoms with Gasteiger partial charge < -0.3 is 15.2 Å². The van der Waals surface area contributed by atoms with Gasteiger partial charge in [0.1, 0.15) is 0 Å². The van der Waals surface area contributed by atoms with E-state index in [-0.39, 0.29) is 47.7 Å². The predicted molar refractivity (Wildman–Crippen MR) is 143 cm³/mol. The molecule has 0 radical (unpaired) electrons. The Morgan fingerprint density at radius 2 is 1.92 bits per heavy atom. The van der Waals surface area contributed by atoms with Gasteiger partial charge in [-0.05, 0) is 92.0 Å². The van der Waals surface area contributed by atoms with E-state index in [1.165, 1.54) is 16.8 Å². The number of carbonyl (C=O) groups is 1. The highest BCUT2D eigenvalue weighted by molar-refractivity contribution is 6.05. The lowest BCUT2D eigenvalue weighted by Crippen LogP contribution is -2.13. The highest BCUT2D eigenvalue weighted by atomic mass is 16.1. The molecule has 0 saturated heterocycles. The molecular weight excluding hydrogens is 448 g/mol. The summed E-state index contributed by atoms with van der Waals surface area (Å²) in [6, 6.07) is 12.9. The molecule has 0 aliphatic rings. The molecule has 1 amide bonds. The zero-order chi connectivity index (χ0) is 30.3. The molecular formula is C29H26N6O. The quantitative estimate of drug-likeness (QED) is 0.300. The van der Waals surface area contributed by atoms with Gasteiger partial charge >= 0.3 is 0 Å². The minimum Gasteiger partial charge on any atom is -0.324 e. The predicted octanol–water partition coefficient (Wildman–Crippen LogP) is 6.25. The molecule has 7 nitrogen and oxygen atoms in total. The molecule has 2 aromatic carbocycles. The largest absolute Gasteiger partial charge is 0.324 e. The second kappa shape index (κ2) is 9.84. The van der Waals surface area contributed by atoms with E-state index < -0.39 is 12.2 Å². The Bertz CT molecular complexity index is 1870. The van der Waals surface area contributed by atoms with Crippen LogP contribution in [0.4, 0.5) is 17.3 Å². The Balaban J connectivity index is 1.41. The Hall–Kier alpha value is -4.78. The molecule has 5 aromatic rings. The maximum atomic E-state index is 13.3. The number of anilines is 3. The van der Waals surface area contributed by atoms with E-state index in [2.05, 4.69) is 25.6 Å². The summed E-state index contributed by atoms with van der Waals surface area (Å²) < 4.78 is 49.9. The van der Waals surface area contributed by atoms with Gasteiger partial charge in [0.15, 0.2) is 0 Å². The first kappa shape index (κ1) is 16.8. The number of rotatable bonds is 6. The van der Waals surface area contributed by atoms with Gasteiger partial charge in [0, 0.05) is 59.1 Å². The van der Waals surface area contributed by atoms with Gasteiger partial charge in [-0.2, -0.15) is 0 Å². The molecule has 3 heterocycles. The monoisotopic (exact) mass is 480 g/mol. The molecule has 0 aliphatic carbocycles. The van der Waals surface area contributed by atoms with E-state index in [1.54, 1.807) is 37.3 Å². The first-order valence-corrected chi connectivity index (χ1v) is 11.2. The van der Waals surface area contributed by atoms with Crippen LogP contribution in [-0.2, 0) is 0 Å². The zero-order valence-electron chi connectivity index (χ0n) is 25.9. The number of benzene rings is 2. The van der Waals surface area contributed by atoms with Gasteiger partial charge in [0.05, 0.1) is 13.9 Å². The lowest BCUT2D eigenvalue weighted by atomic mass is 10.1. The van der Waals surface area contributed by atoms with Crippen LogP contribution in [0.3, 0.4) is 0 Å². The Morgan fingerprint density at radius 1 is 1.03 bits per heavy atom. The number of pyridine rings is 1. The van der Waals surface area contributed by atoms with E-state index in [0.29, 0.717) is 28.2 Å². The summed E-state index contributed by atoms with van der Waals surface area (Å²) >= 11 is 0. The van der Waals surface area contributed by atoms with E-state index >= 15 is 0 Å². The molecule has 0 bridgehead atoms. The standard InChI is InChI=1S/C29H26N6O/c1-19-9-12-35(18-19)25-14-20(2)13-24(16-25)32-28(36)22-7-6-21(3)27(15-22)34-29-31-11-8-26(33-29)23-5-4-10-30-17-23/h4-18H,1-3H3,(H,32,36)(H,31,33,34)/i4D,5D,10D,12D,17D,18D. The van der Waals surface area contributed by atoms with Crippen LogP contribution in [0.15, 0.2) is 91.5 Å². The van der Waals surface area contributed by atoms with Gasteiger partial charge in [0.25, 0.3) is 5.91 Å². The van der Waals surface area contributed by atoms with Gasteiger partial charge in [-0.3, -0.25) is 9.78 Å². The lowest BCUT2D eigenvalue weighted by Gasteiger charge is -2.13. The number of nitrogens with zero attached hydrogens (tertiary/aromatic N) is 4. The minimum atomic E-state index is -0.448. The fourth-order valence-electron chi connectivity index (χ4n) is 3.64. The molecule has 36 heavy (non-hydrogen) atoms. The fourth-order valence-corrected chi connectivity index (χ4v) is 3.64. The number of amides is 1. The average Bonchev–Trinajstić information content (AvgIpc) is 3.19. The lowest BCUT2D eigenvalue weighted by molar-refractivity contribution is 0.102. The number of hydrogen-bond acceptors (Lipinski definition) is 5. The fraction of sp³-hybridized carbons (Fsp3) is 0.103. The van der Waals surface area contributed by atoms with Crippen molar-refractivity contribution >= 4 is 23.2 Å². The van der Waals surface area contributed by atoms with Crippen LogP contribution >= 0.6 is 0 Å². The zero-order valence-corrected chi connectivity index (χ0v) is 19.9. The van der Waals surface area contributed by atoms with E-state index in [0.717, 1.165) is 11.1 Å². The van der Waals surface area contributed by atoms with Gasteiger partial charge in [-0.1, -0.05) is 6.07 Å². The van der Waals surface area contributed by atoms with Crippen molar-refractivity contribution < 1.29 is 13.0 Å². The summed E-state index contributed by atoms with van der Waals surface area (Å²) in [6.07, 6.45) is 1.06. The summed E-state index contributed by atoms with van der Waals surface area (Å²) in [4.78, 5) is 25.6. The van der Waals surface area contributed by atoms with Crippen LogP contribution in [0.2, 0.25) is 0 Å². The first-order chi connectivity index (χ1) is 19.9. The van der Waals surface area contributed by atoms with Crippen molar-refractivity contribution in [2.24, 2.45) is 0 Å². The molecule has 0 spiro atoms. The van der Waals surface area contributed by atoms with Crippen molar-refractivity contribution in [1.82, 2.24) is 19.5 Å². The summed E-state index contributed by atoms with van der Waals surface area (Å²) in [7, 11) is 0. The van der Waals surface area contributed by atoms with Crippen LogP contribution in [-0.4, -0.2) is 25.4 Å². The third-order valence-electron chi connectivity index (χ3n) is 5.40. The first-order valence-electron chi connectivity index (χ1n) is 14.2. The van der Waals surface area contributed by atoms with Crippen LogP contribution in [0, 0.1) is 20.8 Å². The number of nitrogens with one attached hydrogen (secondary N) is 2. The molecule has 0 atom stereocenters. The van der Waals surface area contributed by atoms with E-state index in [9.17, 15) is 4.79 Å². The molecule has 0 unspecified atom stereocenters. The molecule has 3 aromatic heterocycles. The van der Waals surface area contributed by atoms with Crippen molar-refractivity contribution in [2.45, 2.75) is 20.8 Å². The average molecular weight is 481 g/mol. The number of hydrogen-bond donors (Lipinski definition) is 2. The summed E-state index contributed by atoms with van der Waals surface area (Å²) in [5, 5.41) is 5.99. The van der Waals surface area contributed by atoms with Crippen molar-refractivity contribution in [3.63, 3.8) is 0 Å². The molecule has 178 valence electrons. The normalized spacial score (nSPS) is 13.1. The van der Waals surface area contributed by atoms with Gasteiger partial charge in [0.2, 0.25) is 5.95 Å². The Kier molecular flexibility index (Phi) is 4.58. The third-order valence-corrected chi connectivity index (χ3v) is 5.40. The van der Waals surface area contributed by atoms with Gasteiger partial charge in [-0.15, -0.1) is 0 Å². The van der Waals surface area contributed by atoms with Gasteiger partial charge in [-0.25, -0.2) is 9.97 Å². The van der Waals surface area contributed by atoms with Crippen molar-refractivity contribution in [3.05, 3.63) is 114 Å². The van der Waals surface area contributed by atoms with E-state index in [1.807, 2.05) is 26.0 Å². The number of aromatic nitrogens is 4. The van der Waals surface area contributed by atoms with Crippen LogP contribution < -0.4 is 10.6 Å². The van der Waals surface area contributed by atoms with Crippen molar-refractivity contribution in [3.8, 4) is 16.9 Å². The SMILES string of the molecule is [2H]c1nc([2H])c(-c2ccnc(Nc3cc(C(=O)Nc4cc(C)cc(-n5c([2H])cc(C)c5[2H])c4)ccc3C)n2)c([2H])c1[2H]. The van der Waals surface area contributed by atoms with Crippen LogP contribution in [0.25, 0.3) is 16.9 Å². The highest BCUT2D eigenvalue weighted by Crippen LogP contribution is 2.24. The van der Waals surface area contributed by atoms with Crippen LogP contribution in [0.1, 0.15) is 35.3 Å². The smallest absolute Gasteiger partial charge is 0.255 e. The second-order valence-corrected chi connectivity index (χ2v) is 8.30. The number of carbonyl (C=O) groups excluding carboxylic acids is 1. The minimum absolute atomic E-state index is 0.0222.